The van der Waals surface area contributed by atoms with Gasteiger partial charge in [-0.3, -0.25) is 4.79 Å². The van der Waals surface area contributed by atoms with Crippen molar-refractivity contribution in [3.63, 3.8) is 0 Å². The largest absolute Gasteiger partial charge is 0.383 e. The van der Waals surface area contributed by atoms with Gasteiger partial charge in [0.2, 0.25) is 5.91 Å². The van der Waals surface area contributed by atoms with Crippen LogP contribution in [0.2, 0.25) is 0 Å². The maximum absolute atomic E-state index is 11.6. The van der Waals surface area contributed by atoms with Crippen LogP contribution in [0.1, 0.15) is 40.0 Å². The summed E-state index contributed by atoms with van der Waals surface area (Å²) in [6.07, 6.45) is 3.23. The van der Waals surface area contributed by atoms with E-state index < -0.39 is 0 Å². The lowest BCUT2D eigenvalue weighted by Crippen LogP contribution is -2.17. The highest BCUT2D eigenvalue weighted by molar-refractivity contribution is 5.94. The van der Waals surface area contributed by atoms with Crippen LogP contribution in [-0.2, 0) is 4.79 Å². The minimum atomic E-state index is 0.161. The average Bonchev–Trinajstić information content (AvgIpc) is 3.14. The van der Waals surface area contributed by atoms with Crippen molar-refractivity contribution in [2.45, 2.75) is 46.1 Å². The van der Waals surface area contributed by atoms with E-state index in [2.05, 4.69) is 31.4 Å². The maximum atomic E-state index is 11.6. The zero-order valence-corrected chi connectivity index (χ0v) is 12.1. The van der Waals surface area contributed by atoms with Crippen LogP contribution in [0.3, 0.4) is 0 Å². The molecule has 1 saturated carbocycles. The van der Waals surface area contributed by atoms with Crippen LogP contribution in [0.25, 0.3) is 0 Å². The van der Waals surface area contributed by atoms with Gasteiger partial charge in [-0.25, -0.2) is 0 Å². The lowest BCUT2D eigenvalue weighted by molar-refractivity contribution is -0.117. The molecule has 104 valence electrons. The minimum absolute atomic E-state index is 0.161. The number of hydrogen-bond donors (Lipinski definition) is 2. The molecule has 3 nitrogen and oxygen atoms in total. The molecule has 1 aliphatic carbocycles. The van der Waals surface area contributed by atoms with Gasteiger partial charge in [-0.05, 0) is 56.4 Å². The van der Waals surface area contributed by atoms with E-state index in [1.807, 2.05) is 24.3 Å². The molecule has 1 aliphatic rings. The van der Waals surface area contributed by atoms with Gasteiger partial charge in [0.1, 0.15) is 0 Å². The minimum Gasteiger partial charge on any atom is -0.383 e. The fraction of sp³-hybridized carbons (Fsp3) is 0.562. The van der Waals surface area contributed by atoms with E-state index in [1.54, 1.807) is 0 Å². The lowest BCUT2D eigenvalue weighted by Gasteiger charge is -2.17. The molecular formula is C16H24N2O. The van der Waals surface area contributed by atoms with Crippen molar-refractivity contribution in [1.82, 2.24) is 0 Å². The van der Waals surface area contributed by atoms with Crippen molar-refractivity contribution in [3.05, 3.63) is 24.3 Å². The summed E-state index contributed by atoms with van der Waals surface area (Å²) in [4.78, 5) is 11.6. The normalized spacial score (nSPS) is 16.2. The van der Waals surface area contributed by atoms with Crippen LogP contribution in [0, 0.1) is 11.8 Å². The molecular weight excluding hydrogens is 236 g/mol. The van der Waals surface area contributed by atoms with E-state index in [0.717, 1.165) is 30.6 Å². The Labute approximate surface area is 115 Å². The fourth-order valence-corrected chi connectivity index (χ4v) is 2.29. The van der Waals surface area contributed by atoms with E-state index in [0.29, 0.717) is 12.0 Å². The highest BCUT2D eigenvalue weighted by atomic mass is 16.2. The quantitative estimate of drug-likeness (QED) is 0.815. The Morgan fingerprint density at radius 3 is 2.26 bits per heavy atom. The van der Waals surface area contributed by atoms with Gasteiger partial charge in [0, 0.05) is 23.3 Å². The summed E-state index contributed by atoms with van der Waals surface area (Å²) >= 11 is 0. The molecule has 1 aromatic rings. The van der Waals surface area contributed by atoms with Gasteiger partial charge in [-0.2, -0.15) is 0 Å². The van der Waals surface area contributed by atoms with Crippen LogP contribution in [0.5, 0.6) is 0 Å². The number of carbonyl (C=O) groups excluding carboxylic acids is 1. The molecule has 0 heterocycles. The van der Waals surface area contributed by atoms with E-state index in [1.165, 1.54) is 0 Å². The highest BCUT2D eigenvalue weighted by Crippen LogP contribution is 2.30. The SMILES string of the molecule is CC(C)CC(C)Nc1ccc(NC(=O)C2CC2)cc1. The molecule has 1 fully saturated rings. The van der Waals surface area contributed by atoms with Crippen LogP contribution < -0.4 is 10.6 Å². The Bertz CT molecular complexity index is 421. The van der Waals surface area contributed by atoms with Gasteiger partial charge in [0.15, 0.2) is 0 Å². The van der Waals surface area contributed by atoms with E-state index >= 15 is 0 Å². The van der Waals surface area contributed by atoms with Crippen molar-refractivity contribution in [3.8, 4) is 0 Å². The van der Waals surface area contributed by atoms with Crippen LogP contribution in [-0.4, -0.2) is 11.9 Å². The summed E-state index contributed by atoms with van der Waals surface area (Å²) in [5.41, 5.74) is 2.00. The van der Waals surface area contributed by atoms with Crippen molar-refractivity contribution in [2.24, 2.45) is 11.8 Å². The number of nitrogens with one attached hydrogen (secondary N) is 2. The third-order valence-corrected chi connectivity index (χ3v) is 3.34. The average molecular weight is 260 g/mol. The number of anilines is 2. The molecule has 2 rings (SSSR count). The number of benzene rings is 1. The van der Waals surface area contributed by atoms with Crippen molar-refractivity contribution < 1.29 is 4.79 Å². The fourth-order valence-electron chi connectivity index (χ4n) is 2.29. The second kappa shape index (κ2) is 6.09. The summed E-state index contributed by atoms with van der Waals surface area (Å²) in [6, 6.07) is 8.44. The first-order valence-corrected chi connectivity index (χ1v) is 7.22. The third-order valence-electron chi connectivity index (χ3n) is 3.34. The van der Waals surface area contributed by atoms with Crippen molar-refractivity contribution in [1.29, 1.82) is 0 Å². The Hall–Kier alpha value is -1.51. The first-order chi connectivity index (χ1) is 9.04. The Morgan fingerprint density at radius 1 is 1.16 bits per heavy atom. The predicted octanol–water partition coefficient (Wildman–Crippen LogP) is 3.88. The highest BCUT2D eigenvalue weighted by Gasteiger charge is 2.29. The summed E-state index contributed by atoms with van der Waals surface area (Å²) in [5.74, 6) is 1.11. The molecule has 0 aliphatic heterocycles. The zero-order valence-electron chi connectivity index (χ0n) is 12.1. The maximum Gasteiger partial charge on any atom is 0.227 e. The predicted molar refractivity (Wildman–Crippen MR) is 80.3 cm³/mol. The first-order valence-electron chi connectivity index (χ1n) is 7.22. The molecule has 1 unspecified atom stereocenters. The Balaban J connectivity index is 1.85. The summed E-state index contributed by atoms with van der Waals surface area (Å²) < 4.78 is 0. The zero-order chi connectivity index (χ0) is 13.8. The van der Waals surface area contributed by atoms with Gasteiger partial charge in [0.05, 0.1) is 0 Å². The molecule has 1 aromatic carbocycles. The standard InChI is InChI=1S/C16H24N2O/c1-11(2)10-12(3)17-14-6-8-15(9-7-14)18-16(19)13-4-5-13/h6-9,11-13,17H,4-5,10H2,1-3H3,(H,18,19). The van der Waals surface area contributed by atoms with E-state index in [4.69, 9.17) is 0 Å². The number of hydrogen-bond acceptors (Lipinski definition) is 2. The topological polar surface area (TPSA) is 41.1 Å². The van der Waals surface area contributed by atoms with E-state index in [9.17, 15) is 4.79 Å². The third kappa shape index (κ3) is 4.58. The molecule has 2 N–H and O–H groups in total. The van der Waals surface area contributed by atoms with Gasteiger partial charge in [-0.15, -0.1) is 0 Å². The number of amides is 1. The monoisotopic (exact) mass is 260 g/mol. The molecule has 0 radical (unpaired) electrons. The lowest BCUT2D eigenvalue weighted by atomic mass is 10.1. The van der Waals surface area contributed by atoms with Crippen molar-refractivity contribution >= 4 is 17.3 Å². The summed E-state index contributed by atoms with van der Waals surface area (Å²) in [6.45, 7) is 6.66. The van der Waals surface area contributed by atoms with Gasteiger partial charge in [-0.1, -0.05) is 13.8 Å². The number of rotatable bonds is 6. The van der Waals surface area contributed by atoms with Crippen LogP contribution in [0.4, 0.5) is 11.4 Å². The van der Waals surface area contributed by atoms with E-state index in [-0.39, 0.29) is 11.8 Å². The van der Waals surface area contributed by atoms with Crippen LogP contribution >= 0.6 is 0 Å². The van der Waals surface area contributed by atoms with Crippen LogP contribution in [0.15, 0.2) is 24.3 Å². The summed E-state index contributed by atoms with van der Waals surface area (Å²) in [7, 11) is 0. The second-order valence-corrected chi connectivity index (χ2v) is 6.02. The molecule has 19 heavy (non-hydrogen) atoms. The molecule has 0 saturated heterocycles. The molecule has 1 amide bonds. The molecule has 0 bridgehead atoms. The molecule has 3 heteroatoms. The van der Waals surface area contributed by atoms with Gasteiger partial charge in [0.25, 0.3) is 0 Å². The Morgan fingerprint density at radius 2 is 1.74 bits per heavy atom. The smallest absolute Gasteiger partial charge is 0.227 e. The molecule has 1 atom stereocenters. The van der Waals surface area contributed by atoms with Gasteiger partial charge >= 0.3 is 0 Å². The summed E-state index contributed by atoms with van der Waals surface area (Å²) in [5, 5.41) is 6.43. The molecule has 0 aromatic heterocycles. The Kier molecular flexibility index (Phi) is 4.46. The second-order valence-electron chi connectivity index (χ2n) is 6.02. The number of carbonyl (C=O) groups is 1. The first kappa shape index (κ1) is 13.9. The van der Waals surface area contributed by atoms with Crippen molar-refractivity contribution in [2.75, 3.05) is 10.6 Å². The van der Waals surface area contributed by atoms with Gasteiger partial charge < -0.3 is 10.6 Å². The molecule has 0 spiro atoms.